The number of benzene rings is 2. The summed E-state index contributed by atoms with van der Waals surface area (Å²) in [6, 6.07) is 12.2. The Labute approximate surface area is 234 Å². The Morgan fingerprint density at radius 2 is 1.71 bits per heavy atom. The molecule has 14 nitrogen and oxygen atoms in total. The van der Waals surface area contributed by atoms with Gasteiger partial charge in [0.15, 0.2) is 23.8 Å². The number of aliphatic hydroxyl groups is 2. The maximum atomic E-state index is 13.5. The molecule has 0 unspecified atom stereocenters. The molecule has 218 valence electrons. The first-order valence-electron chi connectivity index (χ1n) is 12.5. The molecule has 4 rings (SSSR count). The number of carbonyl (C=O) groups is 2. The van der Waals surface area contributed by atoms with Crippen LogP contribution in [0.25, 0.3) is 0 Å². The van der Waals surface area contributed by atoms with Crippen molar-refractivity contribution in [1.82, 2.24) is 14.9 Å². The number of carbonyl (C=O) groups excluding carboxylic acids is 2. The van der Waals surface area contributed by atoms with Gasteiger partial charge < -0.3 is 45.5 Å². The second-order valence-corrected chi connectivity index (χ2v) is 9.12. The highest BCUT2D eigenvalue weighted by molar-refractivity contribution is 5.98. The lowest BCUT2D eigenvalue weighted by molar-refractivity contribution is -0.140. The van der Waals surface area contributed by atoms with Crippen molar-refractivity contribution >= 4 is 23.3 Å². The summed E-state index contributed by atoms with van der Waals surface area (Å²) in [4.78, 5) is 42.6. The van der Waals surface area contributed by atoms with Crippen LogP contribution < -0.4 is 36.3 Å². The summed E-state index contributed by atoms with van der Waals surface area (Å²) in [5, 5.41) is 26.5. The third kappa shape index (κ3) is 6.40. The fourth-order valence-corrected chi connectivity index (χ4v) is 4.42. The third-order valence-electron chi connectivity index (χ3n) is 6.47. The van der Waals surface area contributed by atoms with Crippen molar-refractivity contribution in [3.63, 3.8) is 0 Å². The minimum Gasteiger partial charge on any atom is -0.493 e. The number of nitrogens with one attached hydrogen (secondary N) is 2. The second-order valence-electron chi connectivity index (χ2n) is 9.12. The number of aliphatic hydroxyl groups excluding tert-OH is 2. The van der Waals surface area contributed by atoms with Crippen molar-refractivity contribution < 1.29 is 38.7 Å². The predicted octanol–water partition coefficient (Wildman–Crippen LogP) is -0.163. The van der Waals surface area contributed by atoms with Gasteiger partial charge in [0.2, 0.25) is 11.7 Å². The highest BCUT2D eigenvalue weighted by Crippen LogP contribution is 2.40. The quantitative estimate of drug-likeness (QED) is 0.217. The van der Waals surface area contributed by atoms with E-state index in [4.69, 9.17) is 24.7 Å². The lowest BCUT2D eigenvalue weighted by Crippen LogP contribution is -2.51. The van der Waals surface area contributed by atoms with Gasteiger partial charge in [0.1, 0.15) is 24.1 Å². The van der Waals surface area contributed by atoms with E-state index >= 15 is 0 Å². The largest absolute Gasteiger partial charge is 0.493 e. The van der Waals surface area contributed by atoms with Crippen LogP contribution in [0.1, 0.15) is 11.8 Å². The SMILES string of the molecule is COc1cc(NC(=O)[C@@H](Cc2ccccc2)NC(=O)[C@H]2O[C@@H](n3ccc(N)nc3=O)[C@H](O)[C@@H]2O)cc(OC)c1OC. The van der Waals surface area contributed by atoms with Crippen LogP contribution in [-0.4, -0.2) is 77.3 Å². The monoisotopic (exact) mass is 569 g/mol. The summed E-state index contributed by atoms with van der Waals surface area (Å²) >= 11 is 0. The molecule has 14 heteroatoms. The average Bonchev–Trinajstić information content (AvgIpc) is 3.26. The smallest absolute Gasteiger partial charge is 0.351 e. The minimum atomic E-state index is -1.71. The number of hydrogen-bond acceptors (Lipinski definition) is 11. The van der Waals surface area contributed by atoms with Gasteiger partial charge in [-0.3, -0.25) is 14.2 Å². The Morgan fingerprint density at radius 3 is 2.29 bits per heavy atom. The summed E-state index contributed by atoms with van der Waals surface area (Å²) in [7, 11) is 4.32. The molecule has 2 heterocycles. The fourth-order valence-electron chi connectivity index (χ4n) is 4.42. The molecule has 2 amide bonds. The molecule has 1 saturated heterocycles. The molecule has 1 aromatic heterocycles. The van der Waals surface area contributed by atoms with Gasteiger partial charge in [0.25, 0.3) is 5.91 Å². The van der Waals surface area contributed by atoms with E-state index in [1.54, 1.807) is 24.3 Å². The first kappa shape index (κ1) is 29.3. The molecule has 0 saturated carbocycles. The highest BCUT2D eigenvalue weighted by atomic mass is 16.6. The van der Waals surface area contributed by atoms with Gasteiger partial charge in [-0.2, -0.15) is 4.98 Å². The molecule has 3 aromatic rings. The normalized spacial score (nSPS) is 20.6. The molecule has 6 N–H and O–H groups in total. The predicted molar refractivity (Wildman–Crippen MR) is 146 cm³/mol. The van der Waals surface area contributed by atoms with Crippen LogP contribution in [0.3, 0.4) is 0 Å². The lowest BCUT2D eigenvalue weighted by Gasteiger charge is -2.22. The molecule has 1 fully saturated rings. The topological polar surface area (TPSA) is 196 Å². The molecular formula is C27H31N5O9. The van der Waals surface area contributed by atoms with Crippen molar-refractivity contribution in [2.24, 2.45) is 0 Å². The van der Waals surface area contributed by atoms with Gasteiger partial charge in [0.05, 0.1) is 21.3 Å². The van der Waals surface area contributed by atoms with Crippen molar-refractivity contribution in [2.75, 3.05) is 32.4 Å². The summed E-state index contributed by atoms with van der Waals surface area (Å²) < 4.78 is 22.5. The summed E-state index contributed by atoms with van der Waals surface area (Å²) in [5.74, 6) is -0.577. The van der Waals surface area contributed by atoms with E-state index in [9.17, 15) is 24.6 Å². The average molecular weight is 570 g/mol. The van der Waals surface area contributed by atoms with Crippen LogP contribution in [0.2, 0.25) is 0 Å². The zero-order valence-electron chi connectivity index (χ0n) is 22.5. The van der Waals surface area contributed by atoms with E-state index < -0.39 is 48.1 Å². The molecule has 0 spiro atoms. The van der Waals surface area contributed by atoms with E-state index in [1.165, 1.54) is 45.7 Å². The zero-order valence-corrected chi connectivity index (χ0v) is 22.5. The molecule has 0 radical (unpaired) electrons. The highest BCUT2D eigenvalue weighted by Gasteiger charge is 2.48. The lowest BCUT2D eigenvalue weighted by atomic mass is 10.0. The number of aromatic nitrogens is 2. The number of methoxy groups -OCH3 is 3. The van der Waals surface area contributed by atoms with Gasteiger partial charge in [-0.1, -0.05) is 30.3 Å². The van der Waals surface area contributed by atoms with Crippen LogP contribution in [0.15, 0.2) is 59.5 Å². The molecule has 0 aliphatic carbocycles. The first-order valence-corrected chi connectivity index (χ1v) is 12.5. The van der Waals surface area contributed by atoms with E-state index in [0.717, 1.165) is 10.1 Å². The summed E-state index contributed by atoms with van der Waals surface area (Å²) in [5.41, 5.74) is 5.72. The van der Waals surface area contributed by atoms with Crippen LogP contribution in [0, 0.1) is 0 Å². The van der Waals surface area contributed by atoms with E-state index in [2.05, 4.69) is 15.6 Å². The van der Waals surface area contributed by atoms with Crippen molar-refractivity contribution in [1.29, 1.82) is 0 Å². The Kier molecular flexibility index (Phi) is 9.07. The van der Waals surface area contributed by atoms with Crippen LogP contribution in [-0.2, 0) is 20.7 Å². The van der Waals surface area contributed by atoms with Gasteiger partial charge in [0, 0.05) is 30.4 Å². The second kappa shape index (κ2) is 12.7. The van der Waals surface area contributed by atoms with Gasteiger partial charge in [-0.05, 0) is 11.6 Å². The third-order valence-corrected chi connectivity index (χ3v) is 6.47. The number of anilines is 2. The molecule has 2 aromatic carbocycles. The molecule has 0 bridgehead atoms. The summed E-state index contributed by atoms with van der Waals surface area (Å²) in [6.07, 6.45) is -5.06. The van der Waals surface area contributed by atoms with E-state index in [1.807, 2.05) is 6.07 Å². The van der Waals surface area contributed by atoms with Crippen molar-refractivity contribution in [2.45, 2.75) is 37.0 Å². The molecular weight excluding hydrogens is 538 g/mol. The number of rotatable bonds is 10. The fraction of sp³-hybridized carbons (Fsp3) is 0.333. The maximum Gasteiger partial charge on any atom is 0.351 e. The standard InChI is InChI=1S/C27H31N5O9/c1-38-17-12-15(13-18(39-2)22(17)40-3)29-24(35)16(11-14-7-5-4-6-8-14)30-25(36)23-20(33)21(34)26(41-23)32-10-9-19(28)31-27(32)37/h4-10,12-13,16,20-21,23,26,33-34H,11H2,1-3H3,(H,29,35)(H,30,36)(H2,28,31,37)/t16-,20+,21-,23+,26-/m1/s1. The van der Waals surface area contributed by atoms with Gasteiger partial charge in [-0.25, -0.2) is 4.79 Å². The van der Waals surface area contributed by atoms with Crippen molar-refractivity contribution in [3.05, 3.63) is 70.8 Å². The Hall–Kier alpha value is -4.66. The van der Waals surface area contributed by atoms with E-state index in [-0.39, 0.29) is 12.2 Å². The molecule has 1 aliphatic rings. The minimum absolute atomic E-state index is 0.0459. The van der Waals surface area contributed by atoms with Crippen molar-refractivity contribution in [3.8, 4) is 17.2 Å². The van der Waals surface area contributed by atoms with Crippen LogP contribution in [0.5, 0.6) is 17.2 Å². The Balaban J connectivity index is 1.57. The van der Waals surface area contributed by atoms with Crippen LogP contribution >= 0.6 is 0 Å². The number of hydrogen-bond donors (Lipinski definition) is 5. The Morgan fingerprint density at radius 1 is 1.05 bits per heavy atom. The van der Waals surface area contributed by atoms with Gasteiger partial charge >= 0.3 is 5.69 Å². The summed E-state index contributed by atoms with van der Waals surface area (Å²) in [6.45, 7) is 0. The van der Waals surface area contributed by atoms with E-state index in [0.29, 0.717) is 22.9 Å². The van der Waals surface area contributed by atoms with Crippen LogP contribution in [0.4, 0.5) is 11.5 Å². The van der Waals surface area contributed by atoms with Gasteiger partial charge in [-0.15, -0.1) is 0 Å². The number of amides is 2. The number of nitrogens with two attached hydrogens (primary N) is 1. The number of ether oxygens (including phenoxy) is 4. The Bertz CT molecular complexity index is 1420. The first-order chi connectivity index (χ1) is 19.7. The number of nitrogen functional groups attached to an aromatic ring is 1. The molecule has 5 atom stereocenters. The zero-order chi connectivity index (χ0) is 29.7. The molecule has 41 heavy (non-hydrogen) atoms. The maximum absolute atomic E-state index is 13.5. The molecule has 1 aliphatic heterocycles. The number of nitrogens with zero attached hydrogens (tertiary/aromatic N) is 2.